The fourth-order valence-electron chi connectivity index (χ4n) is 5.93. The second-order valence-electron chi connectivity index (χ2n) is 14.4. The zero-order valence-corrected chi connectivity index (χ0v) is 31.2. The molecule has 1 rings (SSSR count). The maximum absolute atomic E-state index is 13.6. The molecule has 1 aliphatic rings. The van der Waals surface area contributed by atoms with Gasteiger partial charge in [0.2, 0.25) is 17.7 Å². The summed E-state index contributed by atoms with van der Waals surface area (Å²) in [5.74, 6) is -1.61. The van der Waals surface area contributed by atoms with E-state index in [1.165, 1.54) is 4.90 Å². The molecule has 0 saturated carbocycles. The highest BCUT2D eigenvalue weighted by molar-refractivity contribution is 7.81. The predicted molar refractivity (Wildman–Crippen MR) is 183 cm³/mol. The lowest BCUT2D eigenvalue weighted by atomic mass is 9.98. The van der Waals surface area contributed by atoms with Crippen LogP contribution in [0.3, 0.4) is 0 Å². The van der Waals surface area contributed by atoms with Crippen LogP contribution >= 0.6 is 12.6 Å². The molecule has 46 heavy (non-hydrogen) atoms. The number of carbonyl (C=O) groups is 5. The number of rotatable bonds is 19. The molecule has 0 aromatic heterocycles. The van der Waals surface area contributed by atoms with Gasteiger partial charge in [0.25, 0.3) is 5.91 Å². The van der Waals surface area contributed by atoms with Gasteiger partial charge in [0, 0.05) is 24.8 Å². The minimum absolute atomic E-state index is 0.0263. The summed E-state index contributed by atoms with van der Waals surface area (Å²) in [6.45, 7) is 17.6. The van der Waals surface area contributed by atoms with Gasteiger partial charge in [0.05, 0.1) is 18.6 Å². The van der Waals surface area contributed by atoms with Crippen molar-refractivity contribution in [3.63, 3.8) is 0 Å². The third-order valence-electron chi connectivity index (χ3n) is 8.58. The van der Waals surface area contributed by atoms with Crippen LogP contribution in [0.25, 0.3) is 0 Å². The zero-order valence-electron chi connectivity index (χ0n) is 30.3. The molecule has 12 heteroatoms. The Kier molecular flexibility index (Phi) is 17.8. The number of amides is 4. The van der Waals surface area contributed by atoms with E-state index in [2.05, 4.69) is 23.3 Å². The lowest BCUT2D eigenvalue weighted by Gasteiger charge is -2.31. The number of likely N-dealkylation sites (N-methyl/N-ethyl adjacent to an activating group) is 1. The van der Waals surface area contributed by atoms with E-state index < -0.39 is 47.3 Å². The highest BCUT2D eigenvalue weighted by Gasteiger charge is 2.44. The second-order valence-corrected chi connectivity index (χ2v) is 15.1. The third kappa shape index (κ3) is 12.8. The standard InChI is InChI=1S/C34H62N4O7S/c1-13-22(8)31(37(10)11)34(43)45-27(16-21(6)7)33(42)36-24(14-19(2)3)32(41)35-23(9)28(46)18-30(40)38-25(15-20(4)5)26(44-12)17-29(38)39/h19-28,31,46H,13-18H2,1-12H3,(H,35,41)(H,36,42)/t22-,23-,24-,25-,26?,27-,28+,31-/m0/s1. The number of likely N-dealkylation sites (tertiary alicyclic amines) is 1. The Balaban J connectivity index is 3.03. The van der Waals surface area contributed by atoms with Crippen molar-refractivity contribution in [1.29, 1.82) is 0 Å². The molecule has 0 aromatic rings. The smallest absolute Gasteiger partial charge is 0.324 e. The number of nitrogens with one attached hydrogen (secondary N) is 2. The van der Waals surface area contributed by atoms with Crippen LogP contribution in [0.1, 0.15) is 101 Å². The van der Waals surface area contributed by atoms with E-state index in [0.29, 0.717) is 19.3 Å². The van der Waals surface area contributed by atoms with Crippen LogP contribution in [0, 0.1) is 23.7 Å². The fourth-order valence-corrected chi connectivity index (χ4v) is 6.16. The largest absolute Gasteiger partial charge is 0.451 e. The van der Waals surface area contributed by atoms with Crippen molar-refractivity contribution in [2.24, 2.45) is 23.7 Å². The number of methoxy groups -OCH3 is 1. The van der Waals surface area contributed by atoms with E-state index in [9.17, 15) is 24.0 Å². The van der Waals surface area contributed by atoms with E-state index >= 15 is 0 Å². The third-order valence-corrected chi connectivity index (χ3v) is 9.21. The molecule has 1 unspecified atom stereocenters. The number of nitrogens with zero attached hydrogens (tertiary/aromatic N) is 2. The van der Waals surface area contributed by atoms with Gasteiger partial charge in [-0.05, 0) is 64.0 Å². The van der Waals surface area contributed by atoms with Gasteiger partial charge >= 0.3 is 5.97 Å². The molecule has 1 aliphatic heterocycles. The monoisotopic (exact) mass is 670 g/mol. The average molecular weight is 671 g/mol. The van der Waals surface area contributed by atoms with Crippen molar-refractivity contribution < 1.29 is 33.4 Å². The molecule has 4 amide bonds. The number of esters is 1. The Labute approximate surface area is 283 Å². The zero-order chi connectivity index (χ0) is 35.5. The van der Waals surface area contributed by atoms with Crippen LogP contribution in [0.15, 0.2) is 0 Å². The van der Waals surface area contributed by atoms with E-state index in [1.807, 2.05) is 69.5 Å². The molecule has 1 fully saturated rings. The highest BCUT2D eigenvalue weighted by atomic mass is 32.1. The molecule has 0 radical (unpaired) electrons. The normalized spacial score (nSPS) is 20.9. The van der Waals surface area contributed by atoms with Gasteiger partial charge in [-0.2, -0.15) is 12.6 Å². The van der Waals surface area contributed by atoms with Crippen molar-refractivity contribution in [3.05, 3.63) is 0 Å². The first-order valence-electron chi connectivity index (χ1n) is 16.9. The predicted octanol–water partition coefficient (Wildman–Crippen LogP) is 3.83. The first-order valence-corrected chi connectivity index (χ1v) is 17.4. The van der Waals surface area contributed by atoms with Crippen molar-refractivity contribution >= 4 is 42.2 Å². The minimum Gasteiger partial charge on any atom is -0.451 e. The number of hydrogen-bond acceptors (Lipinski definition) is 9. The van der Waals surface area contributed by atoms with Crippen LogP contribution in [-0.4, -0.2) is 102 Å². The van der Waals surface area contributed by atoms with Gasteiger partial charge in [0.15, 0.2) is 6.10 Å². The van der Waals surface area contributed by atoms with E-state index in [4.69, 9.17) is 9.47 Å². The number of ether oxygens (including phenoxy) is 2. The number of hydrogen-bond donors (Lipinski definition) is 3. The fraction of sp³-hybridized carbons (Fsp3) is 0.853. The maximum atomic E-state index is 13.6. The summed E-state index contributed by atoms with van der Waals surface area (Å²) in [6, 6.07) is -2.29. The molecule has 11 nitrogen and oxygen atoms in total. The minimum atomic E-state index is -1.05. The summed E-state index contributed by atoms with van der Waals surface area (Å²) < 4.78 is 11.3. The molecular formula is C34H62N4O7S. The van der Waals surface area contributed by atoms with E-state index in [1.54, 1.807) is 18.9 Å². The molecule has 266 valence electrons. The van der Waals surface area contributed by atoms with Gasteiger partial charge in [-0.1, -0.05) is 61.8 Å². The van der Waals surface area contributed by atoms with Crippen LogP contribution in [0.5, 0.6) is 0 Å². The van der Waals surface area contributed by atoms with Gasteiger partial charge < -0.3 is 20.1 Å². The SMILES string of the molecule is CC[C@H](C)[C@@H](C(=O)O[C@@H](CC(C)C)C(=O)N[C@@H](CC(C)C)C(=O)N[C@@H](C)[C@H](S)CC(=O)N1C(=O)CC(OC)[C@@H]1CC(C)C)N(C)C. The first kappa shape index (κ1) is 41.8. The molecule has 0 aliphatic carbocycles. The molecule has 8 atom stereocenters. The summed E-state index contributed by atoms with van der Waals surface area (Å²) in [7, 11) is 5.17. The number of imide groups is 1. The highest BCUT2D eigenvalue weighted by Crippen LogP contribution is 2.29. The Morgan fingerprint density at radius 2 is 1.52 bits per heavy atom. The average Bonchev–Trinajstić information content (AvgIpc) is 3.25. The maximum Gasteiger partial charge on any atom is 0.324 e. The molecule has 2 N–H and O–H groups in total. The van der Waals surface area contributed by atoms with Crippen molar-refractivity contribution in [3.8, 4) is 0 Å². The quantitative estimate of drug-likeness (QED) is 0.140. The Bertz CT molecular complexity index is 1020. The van der Waals surface area contributed by atoms with Crippen molar-refractivity contribution in [2.45, 2.75) is 142 Å². The summed E-state index contributed by atoms with van der Waals surface area (Å²) in [5.41, 5.74) is 0. The van der Waals surface area contributed by atoms with Crippen LogP contribution in [0.2, 0.25) is 0 Å². The van der Waals surface area contributed by atoms with Crippen LogP contribution in [0.4, 0.5) is 0 Å². The number of thiol groups is 1. The summed E-state index contributed by atoms with van der Waals surface area (Å²) in [6.07, 6.45) is 0.760. The molecule has 0 aromatic carbocycles. The van der Waals surface area contributed by atoms with E-state index in [-0.39, 0.29) is 60.5 Å². The lowest BCUT2D eigenvalue weighted by molar-refractivity contribution is -0.163. The molecule has 1 heterocycles. The molecule has 1 saturated heterocycles. The molecular weight excluding hydrogens is 608 g/mol. The molecule has 0 bridgehead atoms. The summed E-state index contributed by atoms with van der Waals surface area (Å²) >= 11 is 4.63. The van der Waals surface area contributed by atoms with Gasteiger partial charge in [-0.15, -0.1) is 0 Å². The Morgan fingerprint density at radius 3 is 2.00 bits per heavy atom. The first-order chi connectivity index (χ1) is 21.3. The van der Waals surface area contributed by atoms with Crippen molar-refractivity contribution in [1.82, 2.24) is 20.4 Å². The van der Waals surface area contributed by atoms with Crippen LogP contribution < -0.4 is 10.6 Å². The number of carbonyl (C=O) groups excluding carboxylic acids is 5. The van der Waals surface area contributed by atoms with Crippen molar-refractivity contribution in [2.75, 3.05) is 21.2 Å². The topological polar surface area (TPSA) is 134 Å². The lowest BCUT2D eigenvalue weighted by Crippen LogP contribution is -2.54. The van der Waals surface area contributed by atoms with Gasteiger partial charge in [-0.3, -0.25) is 33.8 Å². The summed E-state index contributed by atoms with van der Waals surface area (Å²) in [5, 5.41) is 5.17. The van der Waals surface area contributed by atoms with Gasteiger partial charge in [0.1, 0.15) is 12.1 Å². The van der Waals surface area contributed by atoms with Gasteiger partial charge in [-0.25, -0.2) is 0 Å². The Morgan fingerprint density at radius 1 is 0.935 bits per heavy atom. The Hall–Kier alpha value is -2.18. The second kappa shape index (κ2) is 19.6. The van der Waals surface area contributed by atoms with E-state index in [0.717, 1.165) is 6.42 Å². The summed E-state index contributed by atoms with van der Waals surface area (Å²) in [4.78, 5) is 69.5. The van der Waals surface area contributed by atoms with Crippen LogP contribution in [-0.2, 0) is 33.4 Å². The molecule has 0 spiro atoms.